The van der Waals surface area contributed by atoms with Gasteiger partial charge in [-0.1, -0.05) is 30.3 Å². The minimum Gasteiger partial charge on any atom is -0.343 e. The van der Waals surface area contributed by atoms with Crippen LogP contribution in [0.2, 0.25) is 0 Å². The second kappa shape index (κ2) is 5.18. The fourth-order valence-electron chi connectivity index (χ4n) is 2.89. The molecule has 1 aromatic carbocycles. The lowest BCUT2D eigenvalue weighted by Crippen LogP contribution is -2.25. The molecule has 0 amide bonds. The highest BCUT2D eigenvalue weighted by molar-refractivity contribution is 5.57. The van der Waals surface area contributed by atoms with Crippen LogP contribution in [-0.4, -0.2) is 26.3 Å². The smallest absolute Gasteiger partial charge is 0.158 e. The molecule has 5 nitrogen and oxygen atoms in total. The average Bonchev–Trinajstić information content (AvgIpc) is 3.17. The number of nitrogens with one attached hydrogen (secondary N) is 2. The van der Waals surface area contributed by atoms with Crippen molar-refractivity contribution >= 4 is 0 Å². The molecule has 3 aromatic rings. The van der Waals surface area contributed by atoms with Crippen LogP contribution in [0.1, 0.15) is 16.8 Å². The Morgan fingerprint density at radius 2 is 2.10 bits per heavy atom. The van der Waals surface area contributed by atoms with Gasteiger partial charge in [-0.15, -0.1) is 0 Å². The topological polar surface area (TPSA) is 58.5 Å². The molecule has 4 rings (SSSR count). The van der Waals surface area contributed by atoms with Crippen molar-refractivity contribution in [3.05, 3.63) is 59.5 Å². The highest BCUT2D eigenvalue weighted by Crippen LogP contribution is 2.25. The second-order valence-electron chi connectivity index (χ2n) is 5.28. The largest absolute Gasteiger partial charge is 0.343 e. The number of aromatic nitrogens is 4. The Morgan fingerprint density at radius 3 is 2.90 bits per heavy atom. The molecule has 0 bridgehead atoms. The van der Waals surface area contributed by atoms with Gasteiger partial charge in [0, 0.05) is 43.2 Å². The Bertz CT molecular complexity index is 728. The van der Waals surface area contributed by atoms with E-state index in [4.69, 9.17) is 5.10 Å². The summed E-state index contributed by atoms with van der Waals surface area (Å²) in [5.74, 6) is 0.849. The summed E-state index contributed by atoms with van der Waals surface area (Å²) in [7, 11) is 0. The molecule has 0 atom stereocenters. The van der Waals surface area contributed by atoms with E-state index in [9.17, 15) is 0 Å². The maximum atomic E-state index is 4.81. The van der Waals surface area contributed by atoms with Crippen LogP contribution in [0, 0.1) is 0 Å². The van der Waals surface area contributed by atoms with Crippen molar-refractivity contribution in [1.29, 1.82) is 0 Å². The lowest BCUT2D eigenvalue weighted by atomic mass is 10.1. The summed E-state index contributed by atoms with van der Waals surface area (Å²) < 4.78 is 2.13. The van der Waals surface area contributed by atoms with Gasteiger partial charge in [0.25, 0.3) is 0 Å². The van der Waals surface area contributed by atoms with Gasteiger partial charge >= 0.3 is 0 Å². The summed E-state index contributed by atoms with van der Waals surface area (Å²) in [6.07, 6.45) is 4.62. The molecule has 106 valence electrons. The zero-order valence-corrected chi connectivity index (χ0v) is 11.7. The molecule has 0 fully saturated rings. The minimum atomic E-state index is 0.809. The highest BCUT2D eigenvalue weighted by atomic mass is 15.3. The Kier molecular flexibility index (Phi) is 3.05. The van der Waals surface area contributed by atoms with Crippen LogP contribution in [-0.2, 0) is 19.5 Å². The molecule has 1 aliphatic rings. The fraction of sp³-hybridized carbons (Fsp3) is 0.250. The first-order chi connectivity index (χ1) is 10.4. The van der Waals surface area contributed by atoms with Crippen molar-refractivity contribution in [2.75, 3.05) is 6.54 Å². The molecule has 0 saturated carbocycles. The van der Waals surface area contributed by atoms with Gasteiger partial charge in [0.05, 0.1) is 6.54 Å². The van der Waals surface area contributed by atoms with Crippen LogP contribution < -0.4 is 5.32 Å². The Morgan fingerprint density at radius 1 is 1.19 bits per heavy atom. The molecule has 0 saturated heterocycles. The van der Waals surface area contributed by atoms with Crippen molar-refractivity contribution in [2.45, 2.75) is 19.5 Å². The van der Waals surface area contributed by atoms with Crippen LogP contribution in [0.4, 0.5) is 0 Å². The van der Waals surface area contributed by atoms with Gasteiger partial charge in [-0.25, -0.2) is 4.98 Å². The summed E-state index contributed by atoms with van der Waals surface area (Å²) >= 11 is 0. The first kappa shape index (κ1) is 12.3. The maximum absolute atomic E-state index is 4.81. The number of benzene rings is 1. The molecular weight excluding hydrogens is 262 g/mol. The zero-order valence-electron chi connectivity index (χ0n) is 11.7. The molecule has 0 spiro atoms. The lowest BCUT2D eigenvalue weighted by Gasteiger charge is -2.15. The number of hydrogen-bond donors (Lipinski definition) is 2. The first-order valence-corrected chi connectivity index (χ1v) is 7.25. The number of hydrogen-bond acceptors (Lipinski definition) is 3. The van der Waals surface area contributed by atoms with E-state index in [0.717, 1.165) is 37.6 Å². The van der Waals surface area contributed by atoms with Crippen LogP contribution in [0.5, 0.6) is 0 Å². The summed E-state index contributed by atoms with van der Waals surface area (Å²) in [4.78, 5) is 7.52. The molecule has 2 aromatic heterocycles. The van der Waals surface area contributed by atoms with E-state index in [2.05, 4.69) is 44.2 Å². The average molecular weight is 279 g/mol. The maximum Gasteiger partial charge on any atom is 0.158 e. The van der Waals surface area contributed by atoms with Crippen LogP contribution >= 0.6 is 0 Å². The van der Waals surface area contributed by atoms with Gasteiger partial charge in [0.1, 0.15) is 5.69 Å². The molecule has 0 aliphatic carbocycles. The predicted octanol–water partition coefficient (Wildman–Crippen LogP) is 1.97. The van der Waals surface area contributed by atoms with Crippen LogP contribution in [0.15, 0.2) is 42.7 Å². The third kappa shape index (κ3) is 2.25. The quantitative estimate of drug-likeness (QED) is 0.770. The van der Waals surface area contributed by atoms with E-state index in [-0.39, 0.29) is 0 Å². The molecule has 21 heavy (non-hydrogen) atoms. The van der Waals surface area contributed by atoms with Gasteiger partial charge in [0.2, 0.25) is 0 Å². The number of aromatic amines is 1. The molecule has 0 radical (unpaired) electrons. The first-order valence-electron chi connectivity index (χ1n) is 7.25. The van der Waals surface area contributed by atoms with Crippen molar-refractivity contribution < 1.29 is 0 Å². The predicted molar refractivity (Wildman–Crippen MR) is 80.8 cm³/mol. The van der Waals surface area contributed by atoms with E-state index in [1.54, 1.807) is 6.20 Å². The molecule has 0 unspecified atom stereocenters. The van der Waals surface area contributed by atoms with Crippen molar-refractivity contribution in [1.82, 2.24) is 25.1 Å². The summed E-state index contributed by atoms with van der Waals surface area (Å²) in [6.45, 7) is 2.68. The fourth-order valence-corrected chi connectivity index (χ4v) is 2.89. The lowest BCUT2D eigenvalue weighted by molar-refractivity contribution is 0.582. The van der Waals surface area contributed by atoms with Crippen molar-refractivity contribution in [3.63, 3.8) is 0 Å². The standard InChI is InChI=1S/C16H17N5/c1-2-4-12(5-3-1)11-21-14-6-7-17-10-13(14)15(20-21)16-18-8-9-19-16/h1-5,8-9,17H,6-7,10-11H2,(H,18,19). The minimum absolute atomic E-state index is 0.809. The number of fused-ring (bicyclic) bond motifs is 1. The van der Waals surface area contributed by atoms with Crippen molar-refractivity contribution in [3.8, 4) is 11.5 Å². The van der Waals surface area contributed by atoms with Crippen LogP contribution in [0.25, 0.3) is 11.5 Å². The van der Waals surface area contributed by atoms with E-state index < -0.39 is 0 Å². The summed E-state index contributed by atoms with van der Waals surface area (Å²) in [5.41, 5.74) is 4.83. The Balaban J connectivity index is 1.77. The third-order valence-electron chi connectivity index (χ3n) is 3.90. The molecule has 2 N–H and O–H groups in total. The van der Waals surface area contributed by atoms with E-state index in [0.29, 0.717) is 0 Å². The van der Waals surface area contributed by atoms with Crippen LogP contribution in [0.3, 0.4) is 0 Å². The SMILES string of the molecule is c1ccc(Cn2nc(-c3ncc[nH]3)c3c2CCNC3)cc1. The van der Waals surface area contributed by atoms with E-state index in [1.807, 2.05) is 12.3 Å². The molecular formula is C16H17N5. The summed E-state index contributed by atoms with van der Waals surface area (Å²) in [5, 5.41) is 8.24. The van der Waals surface area contributed by atoms with Gasteiger partial charge < -0.3 is 10.3 Å². The van der Waals surface area contributed by atoms with E-state index in [1.165, 1.54) is 16.8 Å². The highest BCUT2D eigenvalue weighted by Gasteiger charge is 2.22. The Labute approximate surface area is 123 Å². The van der Waals surface area contributed by atoms with Gasteiger partial charge in [-0.2, -0.15) is 5.10 Å². The number of imidazole rings is 1. The number of H-pyrrole nitrogens is 1. The number of nitrogens with zero attached hydrogens (tertiary/aromatic N) is 3. The summed E-state index contributed by atoms with van der Waals surface area (Å²) in [6, 6.07) is 10.5. The van der Waals surface area contributed by atoms with E-state index >= 15 is 0 Å². The third-order valence-corrected chi connectivity index (χ3v) is 3.90. The molecule has 1 aliphatic heterocycles. The van der Waals surface area contributed by atoms with Gasteiger partial charge in [-0.05, 0) is 5.56 Å². The van der Waals surface area contributed by atoms with Gasteiger partial charge in [0.15, 0.2) is 5.82 Å². The normalized spacial score (nSPS) is 14.1. The van der Waals surface area contributed by atoms with Gasteiger partial charge in [-0.3, -0.25) is 4.68 Å². The monoisotopic (exact) mass is 279 g/mol. The molecule has 5 heteroatoms. The molecule has 3 heterocycles. The number of rotatable bonds is 3. The second-order valence-corrected chi connectivity index (χ2v) is 5.28. The Hall–Kier alpha value is -2.40. The zero-order chi connectivity index (χ0) is 14.1. The van der Waals surface area contributed by atoms with Crippen molar-refractivity contribution in [2.24, 2.45) is 0 Å².